The van der Waals surface area contributed by atoms with Crippen molar-refractivity contribution >= 4 is 10.0 Å². The van der Waals surface area contributed by atoms with E-state index in [1.54, 1.807) is 4.31 Å². The average Bonchev–Trinajstić information content (AvgIpc) is 2.17. The maximum Gasteiger partial charge on any atom is 0.211 e. The third-order valence-electron chi connectivity index (χ3n) is 3.87. The second-order valence-electron chi connectivity index (χ2n) is 5.30. The lowest BCUT2D eigenvalue weighted by molar-refractivity contribution is 0.127. The van der Waals surface area contributed by atoms with Crippen LogP contribution in [-0.4, -0.2) is 32.1 Å². The predicted octanol–water partition coefficient (Wildman–Crippen LogP) is 2.09. The molecule has 0 saturated carbocycles. The van der Waals surface area contributed by atoms with Crippen molar-refractivity contribution in [3.8, 4) is 0 Å². The van der Waals surface area contributed by atoms with E-state index < -0.39 is 10.0 Å². The summed E-state index contributed by atoms with van der Waals surface area (Å²) in [6.07, 6.45) is 4.58. The van der Waals surface area contributed by atoms with Crippen LogP contribution in [0.15, 0.2) is 0 Å². The van der Waals surface area contributed by atoms with E-state index in [0.717, 1.165) is 19.3 Å². The fourth-order valence-corrected chi connectivity index (χ4v) is 3.08. The zero-order chi connectivity index (χ0) is 11.7. The first-order valence-electron chi connectivity index (χ1n) is 5.72. The monoisotopic (exact) mass is 233 g/mol. The van der Waals surface area contributed by atoms with Crippen LogP contribution in [0, 0.1) is 11.3 Å². The highest BCUT2D eigenvalue weighted by Gasteiger charge is 2.34. The molecule has 1 heterocycles. The summed E-state index contributed by atoms with van der Waals surface area (Å²) in [5.74, 6) is 0.506. The second-order valence-corrected chi connectivity index (χ2v) is 7.28. The Kier molecular flexibility index (Phi) is 3.82. The third-order valence-corrected chi connectivity index (χ3v) is 5.14. The number of rotatable bonds is 3. The quantitative estimate of drug-likeness (QED) is 0.748. The zero-order valence-corrected chi connectivity index (χ0v) is 11.1. The first-order chi connectivity index (χ1) is 6.77. The molecular weight excluding hydrogens is 210 g/mol. The summed E-state index contributed by atoms with van der Waals surface area (Å²) in [6.45, 7) is 8.07. The molecule has 4 heteroatoms. The van der Waals surface area contributed by atoms with E-state index >= 15 is 0 Å². The third kappa shape index (κ3) is 3.18. The van der Waals surface area contributed by atoms with Crippen LogP contribution in [0.1, 0.15) is 40.0 Å². The number of hydrogen-bond donors (Lipinski definition) is 0. The molecule has 1 rings (SSSR count). The lowest BCUT2D eigenvalue weighted by Crippen LogP contribution is -2.43. The van der Waals surface area contributed by atoms with E-state index in [0.29, 0.717) is 19.0 Å². The number of piperidine rings is 1. The minimum atomic E-state index is -2.99. The molecule has 1 fully saturated rings. The smallest absolute Gasteiger partial charge is 0.211 e. The lowest BCUT2D eigenvalue weighted by atomic mass is 9.73. The van der Waals surface area contributed by atoms with Crippen LogP contribution in [0.5, 0.6) is 0 Å². The van der Waals surface area contributed by atoms with Gasteiger partial charge in [-0.2, -0.15) is 0 Å². The summed E-state index contributed by atoms with van der Waals surface area (Å²) in [4.78, 5) is 0. The molecule has 0 radical (unpaired) electrons. The Morgan fingerprint density at radius 1 is 1.40 bits per heavy atom. The maximum absolute atomic E-state index is 11.5. The van der Waals surface area contributed by atoms with Gasteiger partial charge in [-0.05, 0) is 24.2 Å². The molecule has 1 aliphatic heterocycles. The Bertz CT molecular complexity index is 309. The van der Waals surface area contributed by atoms with E-state index in [2.05, 4.69) is 20.8 Å². The van der Waals surface area contributed by atoms with Gasteiger partial charge in [0.2, 0.25) is 10.0 Å². The summed E-state index contributed by atoms with van der Waals surface area (Å²) in [6, 6.07) is 0. The molecule has 0 N–H and O–H groups in total. The Labute approximate surface area is 93.9 Å². The van der Waals surface area contributed by atoms with Crippen molar-refractivity contribution in [1.82, 2.24) is 4.31 Å². The Morgan fingerprint density at radius 3 is 2.47 bits per heavy atom. The molecule has 1 saturated heterocycles. The second kappa shape index (κ2) is 4.42. The van der Waals surface area contributed by atoms with Crippen LogP contribution < -0.4 is 0 Å². The van der Waals surface area contributed by atoms with Gasteiger partial charge in [-0.1, -0.05) is 27.2 Å². The maximum atomic E-state index is 11.5. The van der Waals surface area contributed by atoms with Crippen molar-refractivity contribution in [2.45, 2.75) is 40.0 Å². The zero-order valence-electron chi connectivity index (χ0n) is 10.3. The fraction of sp³-hybridized carbons (Fsp3) is 1.00. The van der Waals surface area contributed by atoms with E-state index in [9.17, 15) is 8.42 Å². The Balaban J connectivity index is 2.73. The van der Waals surface area contributed by atoms with Gasteiger partial charge >= 0.3 is 0 Å². The van der Waals surface area contributed by atoms with Gasteiger partial charge in [0.15, 0.2) is 0 Å². The van der Waals surface area contributed by atoms with Gasteiger partial charge in [0.05, 0.1) is 6.26 Å². The predicted molar refractivity (Wildman–Crippen MR) is 63.2 cm³/mol. The van der Waals surface area contributed by atoms with Gasteiger partial charge in [-0.25, -0.2) is 12.7 Å². The van der Waals surface area contributed by atoms with Crippen LogP contribution in [0.3, 0.4) is 0 Å². The topological polar surface area (TPSA) is 37.4 Å². The summed E-state index contributed by atoms with van der Waals surface area (Å²) < 4.78 is 24.6. The van der Waals surface area contributed by atoms with Gasteiger partial charge < -0.3 is 0 Å². The summed E-state index contributed by atoms with van der Waals surface area (Å²) >= 11 is 0. The molecule has 0 aromatic heterocycles. The number of hydrogen-bond acceptors (Lipinski definition) is 2. The van der Waals surface area contributed by atoms with Crippen molar-refractivity contribution in [1.29, 1.82) is 0 Å². The molecule has 0 spiro atoms. The van der Waals surface area contributed by atoms with E-state index in [1.807, 2.05) is 0 Å². The van der Waals surface area contributed by atoms with Gasteiger partial charge in [0, 0.05) is 13.1 Å². The molecule has 1 atom stereocenters. The van der Waals surface area contributed by atoms with Crippen LogP contribution >= 0.6 is 0 Å². The normalized spacial score (nSPS) is 25.5. The lowest BCUT2D eigenvalue weighted by Gasteiger charge is -2.40. The molecule has 0 aromatic rings. The van der Waals surface area contributed by atoms with Crippen LogP contribution in [0.4, 0.5) is 0 Å². The Morgan fingerprint density at radius 2 is 2.00 bits per heavy atom. The minimum Gasteiger partial charge on any atom is -0.213 e. The molecule has 3 nitrogen and oxygen atoms in total. The Hall–Kier alpha value is -0.0900. The largest absolute Gasteiger partial charge is 0.213 e. The van der Waals surface area contributed by atoms with Gasteiger partial charge in [-0.15, -0.1) is 0 Å². The molecule has 1 aliphatic rings. The van der Waals surface area contributed by atoms with E-state index in [-0.39, 0.29) is 5.41 Å². The molecule has 0 aromatic carbocycles. The molecule has 90 valence electrons. The van der Waals surface area contributed by atoms with Gasteiger partial charge in [0.25, 0.3) is 0 Å². The van der Waals surface area contributed by atoms with Crippen molar-refractivity contribution in [3.63, 3.8) is 0 Å². The molecular formula is C11H23NO2S. The SMILES string of the molecule is CCC(C)(C)C1CCCN(S(C)(=O)=O)C1. The number of nitrogens with zero attached hydrogens (tertiary/aromatic N) is 1. The summed E-state index contributed by atoms with van der Waals surface area (Å²) in [7, 11) is -2.99. The first kappa shape index (κ1) is 13.0. The highest BCUT2D eigenvalue weighted by Crippen LogP contribution is 2.36. The molecule has 0 aliphatic carbocycles. The van der Waals surface area contributed by atoms with Gasteiger partial charge in [0.1, 0.15) is 0 Å². The van der Waals surface area contributed by atoms with Crippen LogP contribution in [0.2, 0.25) is 0 Å². The average molecular weight is 233 g/mol. The van der Waals surface area contributed by atoms with E-state index in [4.69, 9.17) is 0 Å². The molecule has 15 heavy (non-hydrogen) atoms. The number of sulfonamides is 1. The van der Waals surface area contributed by atoms with Crippen molar-refractivity contribution in [3.05, 3.63) is 0 Å². The summed E-state index contributed by atoms with van der Waals surface area (Å²) in [5.41, 5.74) is 0.253. The minimum absolute atomic E-state index is 0.253. The van der Waals surface area contributed by atoms with Crippen molar-refractivity contribution in [2.24, 2.45) is 11.3 Å². The highest BCUT2D eigenvalue weighted by molar-refractivity contribution is 7.88. The highest BCUT2D eigenvalue weighted by atomic mass is 32.2. The van der Waals surface area contributed by atoms with Crippen molar-refractivity contribution < 1.29 is 8.42 Å². The first-order valence-corrected chi connectivity index (χ1v) is 7.57. The molecule has 0 amide bonds. The van der Waals surface area contributed by atoms with Gasteiger partial charge in [-0.3, -0.25) is 0 Å². The fourth-order valence-electron chi connectivity index (χ4n) is 2.17. The van der Waals surface area contributed by atoms with Crippen LogP contribution in [-0.2, 0) is 10.0 Å². The molecule has 1 unspecified atom stereocenters. The van der Waals surface area contributed by atoms with E-state index in [1.165, 1.54) is 6.26 Å². The standard InChI is InChI=1S/C11H23NO2S/c1-5-11(2,3)10-7-6-8-12(9-10)15(4,13)14/h10H,5-9H2,1-4H3. The van der Waals surface area contributed by atoms with Crippen LogP contribution in [0.25, 0.3) is 0 Å². The molecule has 0 bridgehead atoms. The summed E-state index contributed by atoms with van der Waals surface area (Å²) in [5, 5.41) is 0. The van der Waals surface area contributed by atoms with Crippen molar-refractivity contribution in [2.75, 3.05) is 19.3 Å².